The largest absolute Gasteiger partial charge is 0.495 e. The second kappa shape index (κ2) is 6.99. The van der Waals surface area contributed by atoms with E-state index in [0.717, 1.165) is 18.5 Å². The van der Waals surface area contributed by atoms with Gasteiger partial charge in [0.2, 0.25) is 0 Å². The molecule has 0 saturated heterocycles. The quantitative estimate of drug-likeness (QED) is 0.741. The number of ether oxygens (including phenoxy) is 1. The van der Waals surface area contributed by atoms with Crippen molar-refractivity contribution in [2.75, 3.05) is 19.0 Å². The van der Waals surface area contributed by atoms with Crippen LogP contribution in [-0.2, 0) is 19.5 Å². The average Bonchev–Trinajstić information content (AvgIpc) is 2.92. The molecule has 0 bridgehead atoms. The Morgan fingerprint density at radius 2 is 2.07 bits per heavy atom. The molecule has 2 amide bonds. The minimum Gasteiger partial charge on any atom is -0.495 e. The van der Waals surface area contributed by atoms with Crippen LogP contribution in [-0.4, -0.2) is 29.2 Å². The van der Waals surface area contributed by atoms with Gasteiger partial charge in [0.05, 0.1) is 12.8 Å². The molecule has 2 heterocycles. The maximum atomic E-state index is 13.0. The molecule has 1 N–H and O–H groups in total. The molecule has 0 atom stereocenters. The van der Waals surface area contributed by atoms with Gasteiger partial charge in [-0.25, -0.2) is 4.79 Å². The van der Waals surface area contributed by atoms with Gasteiger partial charge in [-0.05, 0) is 55.2 Å². The van der Waals surface area contributed by atoms with Gasteiger partial charge in [-0.15, -0.1) is 0 Å². The summed E-state index contributed by atoms with van der Waals surface area (Å²) in [5, 5.41) is 4.34. The SMILES string of the molecule is CCn1cc2c3c(cccc31)CN(C(=O)Nc1cc(C)ccc1OC)CC2. The van der Waals surface area contributed by atoms with E-state index in [2.05, 4.69) is 41.2 Å². The second-order valence-corrected chi connectivity index (χ2v) is 7.06. The van der Waals surface area contributed by atoms with Crippen molar-refractivity contribution < 1.29 is 9.53 Å². The first kappa shape index (κ1) is 17.5. The van der Waals surface area contributed by atoms with Crippen LogP contribution in [0.4, 0.5) is 10.5 Å². The molecule has 1 aliphatic heterocycles. The highest BCUT2D eigenvalue weighted by Gasteiger charge is 2.22. The number of urea groups is 1. The number of benzene rings is 2. The van der Waals surface area contributed by atoms with Crippen molar-refractivity contribution in [2.24, 2.45) is 0 Å². The summed E-state index contributed by atoms with van der Waals surface area (Å²) in [5.41, 5.74) is 5.58. The fraction of sp³-hybridized carbons (Fsp3) is 0.318. The summed E-state index contributed by atoms with van der Waals surface area (Å²) in [5.74, 6) is 0.673. The van der Waals surface area contributed by atoms with Crippen LogP contribution in [0.5, 0.6) is 5.75 Å². The molecule has 0 aliphatic carbocycles. The Balaban J connectivity index is 1.61. The van der Waals surface area contributed by atoms with Crippen molar-refractivity contribution in [1.82, 2.24) is 9.47 Å². The summed E-state index contributed by atoms with van der Waals surface area (Å²) >= 11 is 0. The molecule has 2 aromatic carbocycles. The Bertz CT molecular complexity index is 1010. The third-order valence-corrected chi connectivity index (χ3v) is 5.31. The molecule has 0 saturated carbocycles. The summed E-state index contributed by atoms with van der Waals surface area (Å²) in [6.07, 6.45) is 3.10. The fourth-order valence-electron chi connectivity index (χ4n) is 3.93. The van der Waals surface area contributed by atoms with E-state index in [4.69, 9.17) is 4.74 Å². The van der Waals surface area contributed by atoms with Crippen LogP contribution in [0.15, 0.2) is 42.6 Å². The van der Waals surface area contributed by atoms with E-state index in [1.54, 1.807) is 7.11 Å². The highest BCUT2D eigenvalue weighted by molar-refractivity contribution is 5.93. The predicted molar refractivity (Wildman–Crippen MR) is 108 cm³/mol. The lowest BCUT2D eigenvalue weighted by atomic mass is 10.1. The maximum Gasteiger partial charge on any atom is 0.322 e. The maximum absolute atomic E-state index is 13.0. The van der Waals surface area contributed by atoms with Crippen molar-refractivity contribution in [2.45, 2.75) is 33.4 Å². The predicted octanol–water partition coefficient (Wildman–Crippen LogP) is 4.57. The van der Waals surface area contributed by atoms with E-state index < -0.39 is 0 Å². The molecule has 0 unspecified atom stereocenters. The van der Waals surface area contributed by atoms with Gasteiger partial charge >= 0.3 is 6.03 Å². The van der Waals surface area contributed by atoms with Crippen molar-refractivity contribution in [3.05, 3.63) is 59.3 Å². The highest BCUT2D eigenvalue weighted by atomic mass is 16.5. The van der Waals surface area contributed by atoms with Crippen LogP contribution in [0.25, 0.3) is 10.9 Å². The molecule has 5 nitrogen and oxygen atoms in total. The first-order valence-electron chi connectivity index (χ1n) is 9.41. The molecule has 1 aliphatic rings. The molecule has 0 radical (unpaired) electrons. The van der Waals surface area contributed by atoms with Crippen LogP contribution < -0.4 is 10.1 Å². The summed E-state index contributed by atoms with van der Waals surface area (Å²) in [4.78, 5) is 14.9. The standard InChI is InChI=1S/C22H25N3O2/c1-4-24-13-17-10-11-25(14-16-6-5-7-19(24)21(16)17)22(26)23-18-12-15(2)8-9-20(18)27-3/h5-9,12-13H,4,10-11,14H2,1-3H3,(H,23,26). The number of aryl methyl sites for hydroxylation is 2. The van der Waals surface area contributed by atoms with Crippen molar-refractivity contribution in [1.29, 1.82) is 0 Å². The van der Waals surface area contributed by atoms with E-state index >= 15 is 0 Å². The number of carbonyl (C=O) groups is 1. The Morgan fingerprint density at radius 3 is 2.85 bits per heavy atom. The number of hydrogen-bond acceptors (Lipinski definition) is 2. The number of aromatic nitrogens is 1. The minimum atomic E-state index is -0.0931. The number of anilines is 1. The molecule has 140 valence electrons. The lowest BCUT2D eigenvalue weighted by molar-refractivity contribution is 0.210. The average molecular weight is 363 g/mol. The van der Waals surface area contributed by atoms with E-state index in [1.807, 2.05) is 30.0 Å². The molecule has 1 aromatic heterocycles. The molecule has 5 heteroatoms. The number of carbonyl (C=O) groups excluding carboxylic acids is 1. The number of nitrogens with one attached hydrogen (secondary N) is 1. The summed E-state index contributed by atoms with van der Waals surface area (Å²) in [6, 6.07) is 12.1. The summed E-state index contributed by atoms with van der Waals surface area (Å²) < 4.78 is 7.68. The number of amides is 2. The molecule has 0 fully saturated rings. The van der Waals surface area contributed by atoms with Gasteiger partial charge < -0.3 is 19.5 Å². The molecular formula is C22H25N3O2. The third kappa shape index (κ3) is 3.14. The van der Waals surface area contributed by atoms with Crippen LogP contribution in [0.2, 0.25) is 0 Å². The number of nitrogens with zero attached hydrogens (tertiary/aromatic N) is 2. The zero-order chi connectivity index (χ0) is 19.0. The van der Waals surface area contributed by atoms with Crippen molar-refractivity contribution in [3.8, 4) is 5.75 Å². The Labute approximate surface area is 159 Å². The Kier molecular flexibility index (Phi) is 4.52. The lowest BCUT2D eigenvalue weighted by Gasteiger charge is -2.22. The molecular weight excluding hydrogens is 338 g/mol. The van der Waals surface area contributed by atoms with Crippen LogP contribution in [0.1, 0.15) is 23.6 Å². The van der Waals surface area contributed by atoms with Gasteiger partial charge in [0, 0.05) is 36.7 Å². The summed E-state index contributed by atoms with van der Waals surface area (Å²) in [7, 11) is 1.62. The smallest absolute Gasteiger partial charge is 0.322 e. The van der Waals surface area contributed by atoms with Gasteiger partial charge in [0.25, 0.3) is 0 Å². The lowest BCUT2D eigenvalue weighted by Crippen LogP contribution is -2.35. The summed E-state index contributed by atoms with van der Waals surface area (Å²) in [6.45, 7) is 6.42. The fourth-order valence-corrected chi connectivity index (χ4v) is 3.93. The molecule has 0 spiro atoms. The van der Waals surface area contributed by atoms with E-state index in [-0.39, 0.29) is 6.03 Å². The zero-order valence-corrected chi connectivity index (χ0v) is 16.1. The first-order chi connectivity index (χ1) is 13.1. The van der Waals surface area contributed by atoms with Crippen molar-refractivity contribution in [3.63, 3.8) is 0 Å². The van der Waals surface area contributed by atoms with Crippen LogP contribution in [0.3, 0.4) is 0 Å². The first-order valence-corrected chi connectivity index (χ1v) is 9.41. The Morgan fingerprint density at radius 1 is 1.22 bits per heavy atom. The zero-order valence-electron chi connectivity index (χ0n) is 16.1. The van der Waals surface area contributed by atoms with E-state index in [9.17, 15) is 4.79 Å². The van der Waals surface area contributed by atoms with Crippen LogP contribution in [0, 0.1) is 6.92 Å². The Hall–Kier alpha value is -2.95. The van der Waals surface area contributed by atoms with Gasteiger partial charge in [-0.1, -0.05) is 18.2 Å². The van der Waals surface area contributed by atoms with E-state index in [1.165, 1.54) is 22.0 Å². The topological polar surface area (TPSA) is 46.5 Å². The normalized spacial score (nSPS) is 13.5. The third-order valence-electron chi connectivity index (χ3n) is 5.31. The van der Waals surface area contributed by atoms with Gasteiger partial charge in [-0.3, -0.25) is 0 Å². The van der Waals surface area contributed by atoms with Gasteiger partial charge in [-0.2, -0.15) is 0 Å². The molecule has 27 heavy (non-hydrogen) atoms. The number of methoxy groups -OCH3 is 1. The molecule has 4 rings (SSSR count). The second-order valence-electron chi connectivity index (χ2n) is 7.06. The number of hydrogen-bond donors (Lipinski definition) is 1. The van der Waals surface area contributed by atoms with E-state index in [0.29, 0.717) is 24.5 Å². The molecule has 3 aromatic rings. The van der Waals surface area contributed by atoms with Gasteiger partial charge in [0.1, 0.15) is 5.75 Å². The van der Waals surface area contributed by atoms with Crippen molar-refractivity contribution >= 4 is 22.6 Å². The van der Waals surface area contributed by atoms with Crippen LogP contribution >= 0.6 is 0 Å². The number of rotatable bonds is 3. The minimum absolute atomic E-state index is 0.0931. The van der Waals surface area contributed by atoms with Gasteiger partial charge in [0.15, 0.2) is 0 Å². The highest BCUT2D eigenvalue weighted by Crippen LogP contribution is 2.30. The monoisotopic (exact) mass is 363 g/mol.